The number of likely N-dealkylation sites (tertiary alicyclic amines) is 1. The van der Waals surface area contributed by atoms with Gasteiger partial charge in [0.15, 0.2) is 0 Å². The Morgan fingerprint density at radius 2 is 2.30 bits per heavy atom. The Bertz CT molecular complexity index is 476. The fourth-order valence-electron chi connectivity index (χ4n) is 2.92. The van der Waals surface area contributed by atoms with Crippen molar-refractivity contribution in [2.24, 2.45) is 11.7 Å². The predicted molar refractivity (Wildman–Crippen MR) is 87.2 cm³/mol. The lowest BCUT2D eigenvalue weighted by atomic mass is 9.95. The summed E-state index contributed by atoms with van der Waals surface area (Å²) in [5.41, 5.74) is 7.82. The predicted octanol–water partition coefficient (Wildman–Crippen LogP) is 2.95. The maximum absolute atomic E-state index is 5.73. The number of benzene rings is 1. The second-order valence-corrected chi connectivity index (χ2v) is 5.98. The standard InChI is InChI=1S/C16H24N2OS/c1-3-12-5-4-8-18(10-12)11-14-9-13(16(17)20)6-7-15(14)19-2/h6-7,9,12H,3-5,8,10-11H2,1-2H3,(H2,17,20). The molecule has 0 spiro atoms. The molecule has 1 aromatic rings. The van der Waals surface area contributed by atoms with Crippen molar-refractivity contribution < 1.29 is 4.74 Å². The van der Waals surface area contributed by atoms with Crippen molar-refractivity contribution in [2.75, 3.05) is 20.2 Å². The number of hydrogen-bond acceptors (Lipinski definition) is 3. The second-order valence-electron chi connectivity index (χ2n) is 5.54. The Hall–Kier alpha value is -1.13. The van der Waals surface area contributed by atoms with E-state index in [4.69, 9.17) is 22.7 Å². The molecule has 0 saturated carbocycles. The molecular weight excluding hydrogens is 268 g/mol. The van der Waals surface area contributed by atoms with Gasteiger partial charge in [0.25, 0.3) is 0 Å². The Morgan fingerprint density at radius 3 is 2.95 bits per heavy atom. The van der Waals surface area contributed by atoms with Gasteiger partial charge in [0, 0.05) is 24.2 Å². The maximum atomic E-state index is 5.73. The van der Waals surface area contributed by atoms with Crippen LogP contribution in [0.4, 0.5) is 0 Å². The molecule has 0 aromatic heterocycles. The van der Waals surface area contributed by atoms with Gasteiger partial charge in [0.05, 0.1) is 7.11 Å². The largest absolute Gasteiger partial charge is 0.496 e. The van der Waals surface area contributed by atoms with Crippen molar-refractivity contribution in [3.8, 4) is 5.75 Å². The van der Waals surface area contributed by atoms with Crippen LogP contribution in [-0.4, -0.2) is 30.1 Å². The number of ether oxygens (including phenoxy) is 1. The van der Waals surface area contributed by atoms with Gasteiger partial charge < -0.3 is 10.5 Å². The number of rotatable bonds is 5. The molecule has 0 amide bonds. The number of thiocarbonyl (C=S) groups is 1. The molecule has 1 saturated heterocycles. The molecule has 0 aliphatic carbocycles. The van der Waals surface area contributed by atoms with Crippen molar-refractivity contribution >= 4 is 17.2 Å². The summed E-state index contributed by atoms with van der Waals surface area (Å²) in [6, 6.07) is 5.96. The van der Waals surface area contributed by atoms with Crippen molar-refractivity contribution in [1.29, 1.82) is 0 Å². The van der Waals surface area contributed by atoms with E-state index in [2.05, 4.69) is 17.9 Å². The second kappa shape index (κ2) is 7.04. The molecule has 1 aromatic carbocycles. The fourth-order valence-corrected chi connectivity index (χ4v) is 3.05. The lowest BCUT2D eigenvalue weighted by Crippen LogP contribution is -2.34. The lowest BCUT2D eigenvalue weighted by molar-refractivity contribution is 0.163. The summed E-state index contributed by atoms with van der Waals surface area (Å²) in [7, 11) is 1.71. The van der Waals surface area contributed by atoms with E-state index in [1.54, 1.807) is 7.11 Å². The first-order chi connectivity index (χ1) is 9.63. The molecular formula is C16H24N2OS. The molecule has 110 valence electrons. The fraction of sp³-hybridized carbons (Fsp3) is 0.562. The van der Waals surface area contributed by atoms with E-state index in [9.17, 15) is 0 Å². The molecule has 4 heteroatoms. The van der Waals surface area contributed by atoms with Crippen molar-refractivity contribution in [3.05, 3.63) is 29.3 Å². The third kappa shape index (κ3) is 3.70. The molecule has 2 rings (SSSR count). The number of hydrogen-bond donors (Lipinski definition) is 1. The van der Waals surface area contributed by atoms with Gasteiger partial charge in [-0.05, 0) is 43.5 Å². The SMILES string of the molecule is CCC1CCCN(Cc2cc(C(N)=S)ccc2OC)C1. The lowest BCUT2D eigenvalue weighted by Gasteiger charge is -2.32. The van der Waals surface area contributed by atoms with Crippen LogP contribution in [0.2, 0.25) is 0 Å². The van der Waals surface area contributed by atoms with E-state index in [-0.39, 0.29) is 0 Å². The summed E-state index contributed by atoms with van der Waals surface area (Å²) in [6.07, 6.45) is 3.91. The summed E-state index contributed by atoms with van der Waals surface area (Å²) in [5, 5.41) is 0. The molecule has 0 radical (unpaired) electrons. The number of nitrogens with two attached hydrogens (primary N) is 1. The van der Waals surface area contributed by atoms with Crippen LogP contribution in [0.25, 0.3) is 0 Å². The van der Waals surface area contributed by atoms with Gasteiger partial charge in [0.2, 0.25) is 0 Å². The Balaban J connectivity index is 2.14. The number of piperidine rings is 1. The van der Waals surface area contributed by atoms with Crippen molar-refractivity contribution in [1.82, 2.24) is 4.90 Å². The number of methoxy groups -OCH3 is 1. The summed E-state index contributed by atoms with van der Waals surface area (Å²) in [6.45, 7) is 5.53. The number of nitrogens with zero attached hydrogens (tertiary/aromatic N) is 1. The first kappa shape index (κ1) is 15.3. The van der Waals surface area contributed by atoms with Gasteiger partial charge in [-0.2, -0.15) is 0 Å². The molecule has 20 heavy (non-hydrogen) atoms. The zero-order chi connectivity index (χ0) is 14.5. The highest BCUT2D eigenvalue weighted by Gasteiger charge is 2.19. The first-order valence-corrected chi connectivity index (χ1v) is 7.74. The minimum Gasteiger partial charge on any atom is -0.496 e. The molecule has 0 bridgehead atoms. The molecule has 1 heterocycles. The smallest absolute Gasteiger partial charge is 0.123 e. The van der Waals surface area contributed by atoms with Crippen LogP contribution >= 0.6 is 12.2 Å². The minimum atomic E-state index is 0.444. The van der Waals surface area contributed by atoms with Gasteiger partial charge in [-0.15, -0.1) is 0 Å². The van der Waals surface area contributed by atoms with Crippen LogP contribution in [0, 0.1) is 5.92 Å². The van der Waals surface area contributed by atoms with Gasteiger partial charge in [-0.3, -0.25) is 4.90 Å². The Labute approximate surface area is 127 Å². The van der Waals surface area contributed by atoms with Crippen LogP contribution in [-0.2, 0) is 6.54 Å². The van der Waals surface area contributed by atoms with Crippen LogP contribution < -0.4 is 10.5 Å². The summed E-state index contributed by atoms with van der Waals surface area (Å²) in [4.78, 5) is 2.96. The summed E-state index contributed by atoms with van der Waals surface area (Å²) in [5.74, 6) is 1.75. The van der Waals surface area contributed by atoms with Crippen LogP contribution in [0.1, 0.15) is 37.3 Å². The molecule has 3 nitrogen and oxygen atoms in total. The zero-order valence-corrected chi connectivity index (χ0v) is 13.2. The van der Waals surface area contributed by atoms with E-state index in [1.807, 2.05) is 12.1 Å². The topological polar surface area (TPSA) is 38.5 Å². The third-order valence-electron chi connectivity index (χ3n) is 4.14. The molecule has 2 N–H and O–H groups in total. The average molecular weight is 292 g/mol. The zero-order valence-electron chi connectivity index (χ0n) is 12.4. The van der Waals surface area contributed by atoms with E-state index in [0.29, 0.717) is 4.99 Å². The monoisotopic (exact) mass is 292 g/mol. The van der Waals surface area contributed by atoms with E-state index in [1.165, 1.54) is 31.4 Å². The van der Waals surface area contributed by atoms with Crippen LogP contribution in [0.5, 0.6) is 5.75 Å². The van der Waals surface area contributed by atoms with Crippen molar-refractivity contribution in [2.45, 2.75) is 32.7 Å². The van der Waals surface area contributed by atoms with Crippen LogP contribution in [0.3, 0.4) is 0 Å². The van der Waals surface area contributed by atoms with Gasteiger partial charge in [-0.25, -0.2) is 0 Å². The summed E-state index contributed by atoms with van der Waals surface area (Å²) < 4.78 is 5.46. The van der Waals surface area contributed by atoms with E-state index < -0.39 is 0 Å². The highest BCUT2D eigenvalue weighted by atomic mass is 32.1. The molecule has 1 atom stereocenters. The van der Waals surface area contributed by atoms with Gasteiger partial charge in [0.1, 0.15) is 10.7 Å². The highest BCUT2D eigenvalue weighted by Crippen LogP contribution is 2.25. The highest BCUT2D eigenvalue weighted by molar-refractivity contribution is 7.80. The maximum Gasteiger partial charge on any atom is 0.123 e. The Morgan fingerprint density at radius 1 is 1.50 bits per heavy atom. The van der Waals surface area contributed by atoms with Gasteiger partial charge >= 0.3 is 0 Å². The van der Waals surface area contributed by atoms with E-state index in [0.717, 1.165) is 30.3 Å². The normalized spacial score (nSPS) is 19.8. The molecule has 1 aliphatic heterocycles. The minimum absolute atomic E-state index is 0.444. The van der Waals surface area contributed by atoms with Crippen LogP contribution in [0.15, 0.2) is 18.2 Å². The third-order valence-corrected chi connectivity index (χ3v) is 4.38. The molecule has 1 unspecified atom stereocenters. The average Bonchev–Trinajstić information content (AvgIpc) is 2.47. The van der Waals surface area contributed by atoms with Crippen molar-refractivity contribution in [3.63, 3.8) is 0 Å². The molecule has 1 aliphatic rings. The Kier molecular flexibility index (Phi) is 5.38. The van der Waals surface area contributed by atoms with Gasteiger partial charge in [-0.1, -0.05) is 25.6 Å². The molecule has 1 fully saturated rings. The first-order valence-electron chi connectivity index (χ1n) is 7.33. The quantitative estimate of drug-likeness (QED) is 0.847. The van der Waals surface area contributed by atoms with E-state index >= 15 is 0 Å². The summed E-state index contributed by atoms with van der Waals surface area (Å²) >= 11 is 5.07.